The molecule has 0 aliphatic carbocycles. The van der Waals surface area contributed by atoms with Crippen molar-refractivity contribution in [3.8, 4) is 80.1 Å². The van der Waals surface area contributed by atoms with Gasteiger partial charge in [0.25, 0.3) is 0 Å². The average Bonchev–Trinajstić information content (AvgIpc) is 4.15. The van der Waals surface area contributed by atoms with Gasteiger partial charge in [-0.1, -0.05) is 36.4 Å². The van der Waals surface area contributed by atoms with Crippen molar-refractivity contribution >= 4 is 43.6 Å². The summed E-state index contributed by atoms with van der Waals surface area (Å²) in [5.41, 5.74) is 8.81. The quantitative estimate of drug-likeness (QED) is 0.146. The summed E-state index contributed by atoms with van der Waals surface area (Å²) in [5.74, 6) is 6.30. The van der Waals surface area contributed by atoms with Crippen LogP contribution in [0, 0.1) is 13.8 Å². The number of aromatic nitrogens is 6. The Morgan fingerprint density at radius 2 is 0.879 bits per heavy atom. The van der Waals surface area contributed by atoms with E-state index in [0.717, 1.165) is 66.4 Å². The molecular weight excluding hydrogens is 829 g/mol. The molecule has 0 amide bonds. The van der Waals surface area contributed by atoms with Gasteiger partial charge in [0.1, 0.15) is 34.6 Å². The van der Waals surface area contributed by atoms with E-state index in [1.807, 2.05) is 85.2 Å². The number of fused-ring (bicyclic) bond motifs is 8. The third kappa shape index (κ3) is 6.21. The predicted molar refractivity (Wildman–Crippen MR) is 252 cm³/mol. The highest BCUT2D eigenvalue weighted by molar-refractivity contribution is 6.10. The molecule has 13 rings (SSSR count). The molecule has 66 heavy (non-hydrogen) atoms. The van der Waals surface area contributed by atoms with Gasteiger partial charge in [-0.05, 0) is 97.8 Å². The van der Waals surface area contributed by atoms with Crippen molar-refractivity contribution in [3.63, 3.8) is 0 Å². The number of aryl methyl sites for hydroxylation is 2. The zero-order valence-corrected chi connectivity index (χ0v) is 35.6. The van der Waals surface area contributed by atoms with Crippen LogP contribution in [0.3, 0.4) is 0 Å². The number of pyridine rings is 2. The fourth-order valence-electron chi connectivity index (χ4n) is 9.15. The molecule has 7 heterocycles. The smallest absolute Gasteiger partial charge is 0.231 e. The third-order valence-electron chi connectivity index (χ3n) is 12.1. The third-order valence-corrected chi connectivity index (χ3v) is 12.1. The van der Waals surface area contributed by atoms with Crippen molar-refractivity contribution in [2.45, 2.75) is 13.8 Å². The van der Waals surface area contributed by atoms with Crippen LogP contribution >= 0.6 is 0 Å². The maximum absolute atomic E-state index is 6.60. The molecule has 12 heteroatoms. The van der Waals surface area contributed by atoms with Crippen LogP contribution in [0.2, 0.25) is 0 Å². The Morgan fingerprint density at radius 1 is 0.424 bits per heavy atom. The van der Waals surface area contributed by atoms with E-state index >= 15 is 0 Å². The van der Waals surface area contributed by atoms with Crippen LogP contribution in [0.1, 0.15) is 11.1 Å². The molecule has 0 saturated carbocycles. The number of hydrogen-bond acceptors (Lipinski definition) is 10. The van der Waals surface area contributed by atoms with Crippen LogP contribution in [-0.4, -0.2) is 42.7 Å². The van der Waals surface area contributed by atoms with Crippen LogP contribution in [-0.2, 0) is 0 Å². The van der Waals surface area contributed by atoms with E-state index in [4.69, 9.17) is 48.4 Å². The fraction of sp³-hybridized carbons (Fsp3) is 0.0741. The van der Waals surface area contributed by atoms with Gasteiger partial charge in [-0.25, -0.2) is 9.97 Å². The van der Waals surface area contributed by atoms with E-state index in [-0.39, 0.29) is 13.6 Å². The minimum Gasteiger partial charge on any atom is -0.457 e. The summed E-state index contributed by atoms with van der Waals surface area (Å²) in [6.07, 6.45) is 7.09. The van der Waals surface area contributed by atoms with E-state index in [9.17, 15) is 0 Å². The summed E-state index contributed by atoms with van der Waals surface area (Å²) >= 11 is 0. The molecule has 11 aromatic rings. The Hall–Kier alpha value is -8.90. The summed E-state index contributed by atoms with van der Waals surface area (Å²) in [4.78, 5) is 19.3. The van der Waals surface area contributed by atoms with E-state index in [1.54, 1.807) is 12.4 Å². The number of para-hydroxylation sites is 2. The molecule has 2 aliphatic rings. The second-order valence-corrected chi connectivity index (χ2v) is 16.3. The van der Waals surface area contributed by atoms with Gasteiger partial charge in [0.2, 0.25) is 13.6 Å². The maximum atomic E-state index is 6.60. The Morgan fingerprint density at radius 3 is 1.33 bits per heavy atom. The van der Waals surface area contributed by atoms with Gasteiger partial charge < -0.3 is 28.4 Å². The molecule has 0 N–H and O–H groups in total. The molecule has 0 unspecified atom stereocenters. The Bertz CT molecular complexity index is 3520. The van der Waals surface area contributed by atoms with E-state index in [2.05, 4.69) is 83.6 Å². The molecular formula is C54H36N6O6. The molecule has 0 spiro atoms. The van der Waals surface area contributed by atoms with Gasteiger partial charge in [-0.2, -0.15) is 0 Å². The minimum atomic E-state index is 0.0706. The summed E-state index contributed by atoms with van der Waals surface area (Å²) in [7, 11) is 0. The van der Waals surface area contributed by atoms with Crippen LogP contribution in [0.4, 0.5) is 0 Å². The predicted octanol–water partition coefficient (Wildman–Crippen LogP) is 12.5. The minimum absolute atomic E-state index is 0.0706. The second-order valence-electron chi connectivity index (χ2n) is 16.3. The van der Waals surface area contributed by atoms with Gasteiger partial charge in [-0.15, -0.1) is 0 Å². The molecule has 0 radical (unpaired) electrons. The zero-order chi connectivity index (χ0) is 43.9. The van der Waals surface area contributed by atoms with Crippen molar-refractivity contribution < 1.29 is 28.4 Å². The number of ether oxygens (including phenoxy) is 6. The number of nitrogens with zero attached hydrogens (tertiary/aromatic N) is 6. The second kappa shape index (κ2) is 14.8. The topological polar surface area (TPSA) is 117 Å². The molecule has 0 atom stereocenters. The molecule has 12 nitrogen and oxygen atoms in total. The highest BCUT2D eigenvalue weighted by Gasteiger charge is 2.26. The first kappa shape index (κ1) is 37.6. The van der Waals surface area contributed by atoms with Crippen molar-refractivity contribution in [3.05, 3.63) is 169 Å². The fourth-order valence-corrected chi connectivity index (χ4v) is 9.15. The largest absolute Gasteiger partial charge is 0.457 e. The Labute approximate surface area is 376 Å². The normalized spacial score (nSPS) is 12.8. The molecule has 318 valence electrons. The molecule has 0 bridgehead atoms. The van der Waals surface area contributed by atoms with Crippen molar-refractivity contribution in [2.24, 2.45) is 0 Å². The SMILES string of the molecule is Cc1ccnc(-n2c3ccccc3c3ccc(Oc4cc5c(c(-c6cnc(-c7cc(Oc8ccc9c%10ccccc%10n(-c%10cc(C)ccn%10)c9c8)cc8c7OCO8)cn6)c4)OCO5)cc32)c1. The summed E-state index contributed by atoms with van der Waals surface area (Å²) < 4.78 is 41.3. The molecule has 2 aliphatic heterocycles. The van der Waals surface area contributed by atoms with E-state index < -0.39 is 0 Å². The molecule has 0 fully saturated rings. The maximum Gasteiger partial charge on any atom is 0.231 e. The van der Waals surface area contributed by atoms with Gasteiger partial charge in [-0.3, -0.25) is 19.1 Å². The first-order chi connectivity index (χ1) is 32.5. The van der Waals surface area contributed by atoms with Crippen molar-refractivity contribution in [1.29, 1.82) is 0 Å². The number of rotatable bonds is 8. The Balaban J connectivity index is 0.831. The van der Waals surface area contributed by atoms with Crippen molar-refractivity contribution in [1.82, 2.24) is 29.1 Å². The summed E-state index contributed by atoms with van der Waals surface area (Å²) in [6, 6.07) is 44.5. The first-order valence-corrected chi connectivity index (χ1v) is 21.5. The highest BCUT2D eigenvalue weighted by atomic mass is 16.7. The monoisotopic (exact) mass is 864 g/mol. The lowest BCUT2D eigenvalue weighted by molar-refractivity contribution is 0.174. The number of benzene rings is 6. The lowest BCUT2D eigenvalue weighted by Gasteiger charge is -2.13. The lowest BCUT2D eigenvalue weighted by Crippen LogP contribution is -1.97. The lowest BCUT2D eigenvalue weighted by atomic mass is 10.1. The van der Waals surface area contributed by atoms with Gasteiger partial charge in [0.15, 0.2) is 23.0 Å². The zero-order valence-electron chi connectivity index (χ0n) is 35.6. The van der Waals surface area contributed by atoms with Crippen LogP contribution in [0.5, 0.6) is 46.0 Å². The highest BCUT2D eigenvalue weighted by Crippen LogP contribution is 2.48. The van der Waals surface area contributed by atoms with Crippen LogP contribution in [0.15, 0.2) is 158 Å². The summed E-state index contributed by atoms with van der Waals surface area (Å²) in [6.45, 7) is 4.28. The first-order valence-electron chi connectivity index (χ1n) is 21.5. The van der Waals surface area contributed by atoms with Gasteiger partial charge >= 0.3 is 0 Å². The standard InChI is InChI=1S/C54H36N6O6/c1-31-15-17-55-51(19-31)59-45-9-5-3-7-37(45)39-13-11-33(23-47(39)59)65-35-21-41(53-49(25-35)61-29-63-53)43-27-58-44(28-57-43)42-22-36(26-50-54(42)64-30-62-50)66-34-12-14-40-38-8-4-6-10-46(38)60(48(40)24-34)52-20-32(2)16-18-56-52/h3-28H,29-30H2,1-2H3. The Kier molecular flexibility index (Phi) is 8.47. The molecule has 0 saturated heterocycles. The van der Waals surface area contributed by atoms with Crippen LogP contribution in [0.25, 0.3) is 77.8 Å². The number of hydrogen-bond donors (Lipinski definition) is 0. The molecule has 5 aromatic heterocycles. The van der Waals surface area contributed by atoms with E-state index in [1.165, 1.54) is 0 Å². The van der Waals surface area contributed by atoms with Crippen molar-refractivity contribution in [2.75, 3.05) is 13.6 Å². The average molecular weight is 865 g/mol. The molecule has 6 aromatic carbocycles. The summed E-state index contributed by atoms with van der Waals surface area (Å²) in [5, 5.41) is 4.46. The van der Waals surface area contributed by atoms with Gasteiger partial charge in [0.05, 0.1) is 57.0 Å². The van der Waals surface area contributed by atoms with E-state index in [0.29, 0.717) is 68.5 Å². The van der Waals surface area contributed by atoms with Gasteiger partial charge in [0, 0.05) is 58.2 Å². The van der Waals surface area contributed by atoms with Crippen LogP contribution < -0.4 is 28.4 Å².